The predicted molar refractivity (Wildman–Crippen MR) is 88.6 cm³/mol. The van der Waals surface area contributed by atoms with Crippen LogP contribution in [0.3, 0.4) is 0 Å². The second kappa shape index (κ2) is 7.64. The number of β-amino-alcohol motifs (C(OH)–C–C–N with tert-alkyl or cyclic N) is 1. The summed E-state index contributed by atoms with van der Waals surface area (Å²) in [5, 5.41) is 13.3. The Morgan fingerprint density at radius 1 is 1.30 bits per heavy atom. The van der Waals surface area contributed by atoms with Crippen molar-refractivity contribution in [2.24, 2.45) is 0 Å². The molecule has 1 aromatic carbocycles. The third-order valence-electron chi connectivity index (χ3n) is 3.44. The lowest BCUT2D eigenvalue weighted by molar-refractivity contribution is 0.135. The zero-order valence-corrected chi connectivity index (χ0v) is 14.7. The van der Waals surface area contributed by atoms with Crippen LogP contribution in [0.1, 0.15) is 12.8 Å². The van der Waals surface area contributed by atoms with Gasteiger partial charge in [-0.25, -0.2) is 0 Å². The molecule has 1 saturated heterocycles. The molecular formula is C14H20Br2N2O2. The van der Waals surface area contributed by atoms with E-state index in [9.17, 15) is 5.11 Å². The van der Waals surface area contributed by atoms with Gasteiger partial charge in [0.15, 0.2) is 0 Å². The molecule has 0 spiro atoms. The molecule has 20 heavy (non-hydrogen) atoms. The standard InChI is InChI=1S/C14H20Br2N2O2/c1-20-14-7-13(11(15)6-12(14)16)17-8-10(19)9-18-4-2-3-5-18/h6-7,10,17,19H,2-5,8-9H2,1H3. The van der Waals surface area contributed by atoms with Crippen LogP contribution in [-0.2, 0) is 0 Å². The summed E-state index contributed by atoms with van der Waals surface area (Å²) in [5.41, 5.74) is 0.922. The quantitative estimate of drug-likeness (QED) is 0.760. The second-order valence-electron chi connectivity index (χ2n) is 5.01. The first-order valence-electron chi connectivity index (χ1n) is 6.77. The zero-order chi connectivity index (χ0) is 14.5. The highest BCUT2D eigenvalue weighted by atomic mass is 79.9. The Balaban J connectivity index is 1.89. The summed E-state index contributed by atoms with van der Waals surface area (Å²) in [6, 6.07) is 3.85. The number of anilines is 1. The van der Waals surface area contributed by atoms with Crippen LogP contribution >= 0.6 is 31.9 Å². The minimum atomic E-state index is -0.366. The van der Waals surface area contributed by atoms with Gasteiger partial charge in [-0.05, 0) is 63.9 Å². The van der Waals surface area contributed by atoms with Gasteiger partial charge in [0.25, 0.3) is 0 Å². The first kappa shape index (κ1) is 16.1. The largest absolute Gasteiger partial charge is 0.495 e. The number of nitrogens with zero attached hydrogens (tertiary/aromatic N) is 1. The fraction of sp³-hybridized carbons (Fsp3) is 0.571. The van der Waals surface area contributed by atoms with Gasteiger partial charge in [-0.15, -0.1) is 0 Å². The van der Waals surface area contributed by atoms with Gasteiger partial charge in [0.05, 0.1) is 23.4 Å². The Kier molecular flexibility index (Phi) is 6.14. The maximum Gasteiger partial charge on any atom is 0.135 e. The van der Waals surface area contributed by atoms with Crippen molar-refractivity contribution in [3.8, 4) is 5.75 Å². The molecule has 1 atom stereocenters. The van der Waals surface area contributed by atoms with E-state index in [1.165, 1.54) is 12.8 Å². The van der Waals surface area contributed by atoms with Crippen LogP contribution in [0, 0.1) is 0 Å². The SMILES string of the molecule is COc1cc(NCC(O)CN2CCCC2)c(Br)cc1Br. The third kappa shape index (κ3) is 4.35. The Morgan fingerprint density at radius 3 is 2.65 bits per heavy atom. The topological polar surface area (TPSA) is 44.7 Å². The maximum atomic E-state index is 10.1. The number of aliphatic hydroxyl groups is 1. The normalized spacial score (nSPS) is 17.2. The molecule has 1 aliphatic heterocycles. The molecule has 1 aliphatic rings. The average molecular weight is 408 g/mol. The van der Waals surface area contributed by atoms with Crippen LogP contribution in [0.4, 0.5) is 5.69 Å². The molecule has 1 unspecified atom stereocenters. The van der Waals surface area contributed by atoms with Crippen LogP contribution in [0.15, 0.2) is 21.1 Å². The van der Waals surface area contributed by atoms with E-state index in [1.54, 1.807) is 7.11 Å². The lowest BCUT2D eigenvalue weighted by atomic mass is 10.2. The minimum absolute atomic E-state index is 0.366. The van der Waals surface area contributed by atoms with Crippen molar-refractivity contribution in [3.63, 3.8) is 0 Å². The second-order valence-corrected chi connectivity index (χ2v) is 6.72. The van der Waals surface area contributed by atoms with Gasteiger partial charge in [-0.3, -0.25) is 0 Å². The number of methoxy groups -OCH3 is 1. The van der Waals surface area contributed by atoms with Crippen LogP contribution < -0.4 is 10.1 Å². The summed E-state index contributed by atoms with van der Waals surface area (Å²) >= 11 is 6.95. The summed E-state index contributed by atoms with van der Waals surface area (Å²) in [4.78, 5) is 2.31. The van der Waals surface area contributed by atoms with E-state index < -0.39 is 0 Å². The third-order valence-corrected chi connectivity index (χ3v) is 4.71. The van der Waals surface area contributed by atoms with Crippen molar-refractivity contribution in [2.75, 3.05) is 38.6 Å². The first-order valence-corrected chi connectivity index (χ1v) is 8.36. The Labute approximate surface area is 136 Å². The molecule has 0 amide bonds. The van der Waals surface area contributed by atoms with Crippen LogP contribution in [0.5, 0.6) is 5.75 Å². The zero-order valence-electron chi connectivity index (χ0n) is 11.5. The Hall–Kier alpha value is -0.300. The predicted octanol–water partition coefficient (Wildman–Crippen LogP) is 3.09. The van der Waals surface area contributed by atoms with Gasteiger partial charge in [-0.1, -0.05) is 0 Å². The van der Waals surface area contributed by atoms with E-state index in [0.29, 0.717) is 6.54 Å². The van der Waals surface area contributed by atoms with Crippen molar-refractivity contribution in [1.29, 1.82) is 0 Å². The van der Waals surface area contributed by atoms with E-state index in [-0.39, 0.29) is 6.10 Å². The molecule has 0 bridgehead atoms. The lowest BCUT2D eigenvalue weighted by Gasteiger charge is -2.20. The molecule has 0 saturated carbocycles. The van der Waals surface area contributed by atoms with Gasteiger partial charge in [0.2, 0.25) is 0 Å². The molecule has 1 aromatic rings. The van der Waals surface area contributed by atoms with Crippen molar-refractivity contribution in [1.82, 2.24) is 4.90 Å². The molecule has 4 nitrogen and oxygen atoms in total. The fourth-order valence-corrected chi connectivity index (χ4v) is 3.67. The number of rotatable bonds is 6. The molecule has 112 valence electrons. The molecular weight excluding hydrogens is 388 g/mol. The van der Waals surface area contributed by atoms with Crippen LogP contribution in [0.2, 0.25) is 0 Å². The van der Waals surface area contributed by atoms with Crippen LogP contribution in [0.25, 0.3) is 0 Å². The highest BCUT2D eigenvalue weighted by molar-refractivity contribution is 9.11. The van der Waals surface area contributed by atoms with Gasteiger partial charge >= 0.3 is 0 Å². The Morgan fingerprint density at radius 2 is 2.00 bits per heavy atom. The summed E-state index contributed by atoms with van der Waals surface area (Å²) in [6.07, 6.45) is 2.13. The number of ether oxygens (including phenoxy) is 1. The number of likely N-dealkylation sites (tertiary alicyclic amines) is 1. The molecule has 0 aromatic heterocycles. The van der Waals surface area contributed by atoms with Gasteiger partial charge in [0.1, 0.15) is 5.75 Å². The molecule has 0 aliphatic carbocycles. The maximum absolute atomic E-state index is 10.1. The van der Waals surface area contributed by atoms with Gasteiger partial charge in [-0.2, -0.15) is 0 Å². The summed E-state index contributed by atoms with van der Waals surface area (Å²) < 4.78 is 7.12. The molecule has 6 heteroatoms. The van der Waals surface area contributed by atoms with E-state index in [4.69, 9.17) is 4.74 Å². The van der Waals surface area contributed by atoms with Crippen molar-refractivity contribution >= 4 is 37.5 Å². The summed E-state index contributed by atoms with van der Waals surface area (Å²) in [6.45, 7) is 3.47. The number of halogens is 2. The minimum Gasteiger partial charge on any atom is -0.495 e. The fourth-order valence-electron chi connectivity index (χ4n) is 2.38. The molecule has 1 fully saturated rings. The van der Waals surface area contributed by atoms with Crippen LogP contribution in [-0.4, -0.2) is 49.4 Å². The van der Waals surface area contributed by atoms with Crippen molar-refractivity contribution < 1.29 is 9.84 Å². The summed E-state index contributed by atoms with van der Waals surface area (Å²) in [7, 11) is 1.64. The smallest absolute Gasteiger partial charge is 0.135 e. The molecule has 2 rings (SSSR count). The van der Waals surface area contributed by atoms with E-state index in [2.05, 4.69) is 42.1 Å². The van der Waals surface area contributed by atoms with E-state index in [0.717, 1.165) is 40.0 Å². The number of hydrogen-bond donors (Lipinski definition) is 2. The average Bonchev–Trinajstić information content (AvgIpc) is 2.90. The van der Waals surface area contributed by atoms with Crippen molar-refractivity contribution in [3.05, 3.63) is 21.1 Å². The Bertz CT molecular complexity index is 451. The van der Waals surface area contributed by atoms with Crippen molar-refractivity contribution in [2.45, 2.75) is 18.9 Å². The van der Waals surface area contributed by atoms with E-state index >= 15 is 0 Å². The highest BCUT2D eigenvalue weighted by Gasteiger charge is 2.16. The highest BCUT2D eigenvalue weighted by Crippen LogP contribution is 2.34. The number of aliphatic hydroxyl groups excluding tert-OH is 1. The molecule has 0 radical (unpaired) electrons. The summed E-state index contributed by atoms with van der Waals surface area (Å²) in [5.74, 6) is 0.768. The molecule has 1 heterocycles. The van der Waals surface area contributed by atoms with E-state index in [1.807, 2.05) is 12.1 Å². The monoisotopic (exact) mass is 406 g/mol. The number of hydrogen-bond acceptors (Lipinski definition) is 4. The van der Waals surface area contributed by atoms with Gasteiger partial charge < -0.3 is 20.1 Å². The van der Waals surface area contributed by atoms with Gasteiger partial charge in [0, 0.05) is 23.6 Å². The lowest BCUT2D eigenvalue weighted by Crippen LogP contribution is -2.34. The number of nitrogens with one attached hydrogen (secondary N) is 1. The first-order chi connectivity index (χ1) is 9.60. The number of benzene rings is 1. The molecule has 2 N–H and O–H groups in total.